The summed E-state index contributed by atoms with van der Waals surface area (Å²) in [6, 6.07) is 15.6. The molecule has 7 heteroatoms. The molecule has 0 bridgehead atoms. The molecule has 2 rings (SSSR count). The van der Waals surface area contributed by atoms with Crippen LogP contribution in [0.4, 0.5) is 0 Å². The molecule has 0 aliphatic heterocycles. The second-order valence-electron chi connectivity index (χ2n) is 6.35. The van der Waals surface area contributed by atoms with E-state index in [0.717, 1.165) is 35.8 Å². The monoisotopic (exact) mass is 496 g/mol. The third-order valence-electron chi connectivity index (χ3n) is 4.10. The van der Waals surface area contributed by atoms with E-state index in [0.29, 0.717) is 12.1 Å². The lowest BCUT2D eigenvalue weighted by Crippen LogP contribution is -2.37. The van der Waals surface area contributed by atoms with Gasteiger partial charge in [-0.3, -0.25) is 9.79 Å². The van der Waals surface area contributed by atoms with Gasteiger partial charge < -0.3 is 20.3 Å². The molecule has 0 fully saturated rings. The normalized spacial score (nSPS) is 10.6. The summed E-state index contributed by atoms with van der Waals surface area (Å²) < 4.78 is 5.24. The Morgan fingerprint density at radius 1 is 1.07 bits per heavy atom. The summed E-state index contributed by atoms with van der Waals surface area (Å²) in [6.45, 7) is 1.38. The van der Waals surface area contributed by atoms with Crippen molar-refractivity contribution < 1.29 is 9.53 Å². The third-order valence-corrected chi connectivity index (χ3v) is 4.10. The first-order chi connectivity index (χ1) is 13.0. The second-order valence-corrected chi connectivity index (χ2v) is 6.35. The lowest BCUT2D eigenvalue weighted by atomic mass is 10.1. The molecular weight excluding hydrogens is 467 g/mol. The highest BCUT2D eigenvalue weighted by molar-refractivity contribution is 14.0. The van der Waals surface area contributed by atoms with Crippen LogP contribution in [0.25, 0.3) is 0 Å². The topological polar surface area (TPSA) is 66.0 Å². The first-order valence-corrected chi connectivity index (χ1v) is 8.91. The van der Waals surface area contributed by atoms with Crippen molar-refractivity contribution >= 4 is 35.8 Å². The van der Waals surface area contributed by atoms with E-state index in [1.807, 2.05) is 48.5 Å². The van der Waals surface area contributed by atoms with Gasteiger partial charge in [-0.05, 0) is 41.8 Å². The second kappa shape index (κ2) is 12.2. The first kappa shape index (κ1) is 23.7. The lowest BCUT2D eigenvalue weighted by Gasteiger charge is -2.13. The Kier molecular flexibility index (Phi) is 10.4. The number of ether oxygens (including phenoxy) is 1. The molecule has 0 heterocycles. The first-order valence-electron chi connectivity index (χ1n) is 8.91. The molecule has 6 nitrogen and oxygen atoms in total. The van der Waals surface area contributed by atoms with E-state index in [1.54, 1.807) is 33.2 Å². The minimum Gasteiger partial charge on any atom is -0.497 e. The molecular formula is C21H29IN4O2. The van der Waals surface area contributed by atoms with Gasteiger partial charge in [0.25, 0.3) is 5.91 Å². The molecule has 0 saturated carbocycles. The largest absolute Gasteiger partial charge is 0.497 e. The predicted octanol–water partition coefficient (Wildman–Crippen LogP) is 2.92. The minimum absolute atomic E-state index is 0. The maximum atomic E-state index is 12.1. The number of aliphatic imine (C=N–C) groups is 1. The van der Waals surface area contributed by atoms with E-state index in [1.165, 1.54) is 0 Å². The van der Waals surface area contributed by atoms with Crippen molar-refractivity contribution in [1.82, 2.24) is 15.5 Å². The fraction of sp³-hybridized carbons (Fsp3) is 0.333. The van der Waals surface area contributed by atoms with Crippen LogP contribution in [0.2, 0.25) is 0 Å². The maximum absolute atomic E-state index is 12.1. The Labute approximate surface area is 184 Å². The summed E-state index contributed by atoms with van der Waals surface area (Å²) in [5.41, 5.74) is 2.93. The molecule has 28 heavy (non-hydrogen) atoms. The number of hydrogen-bond acceptors (Lipinski definition) is 3. The number of amides is 1. The molecule has 152 valence electrons. The molecule has 0 aliphatic rings. The van der Waals surface area contributed by atoms with E-state index in [-0.39, 0.29) is 29.9 Å². The van der Waals surface area contributed by atoms with Crippen LogP contribution < -0.4 is 15.4 Å². The van der Waals surface area contributed by atoms with Crippen LogP contribution in [-0.4, -0.2) is 51.6 Å². The Morgan fingerprint density at radius 2 is 1.79 bits per heavy atom. The van der Waals surface area contributed by atoms with Gasteiger partial charge in [0.15, 0.2) is 5.96 Å². The zero-order valence-corrected chi connectivity index (χ0v) is 19.2. The molecule has 1 amide bonds. The summed E-state index contributed by atoms with van der Waals surface area (Å²) in [7, 11) is 6.93. The number of halogens is 1. The van der Waals surface area contributed by atoms with Gasteiger partial charge >= 0.3 is 0 Å². The number of carbonyl (C=O) groups excluding carboxylic acids is 1. The van der Waals surface area contributed by atoms with Crippen molar-refractivity contribution in [3.8, 4) is 5.75 Å². The maximum Gasteiger partial charge on any atom is 0.253 e. The van der Waals surface area contributed by atoms with Gasteiger partial charge in [0.2, 0.25) is 0 Å². The summed E-state index contributed by atoms with van der Waals surface area (Å²) in [4.78, 5) is 17.9. The van der Waals surface area contributed by atoms with Gasteiger partial charge in [-0.2, -0.15) is 0 Å². The number of nitrogens with zero attached hydrogens (tertiary/aromatic N) is 2. The van der Waals surface area contributed by atoms with Gasteiger partial charge in [0, 0.05) is 39.8 Å². The molecule has 0 atom stereocenters. The van der Waals surface area contributed by atoms with Crippen LogP contribution in [0.3, 0.4) is 0 Å². The van der Waals surface area contributed by atoms with Gasteiger partial charge in [0.1, 0.15) is 5.75 Å². The van der Waals surface area contributed by atoms with Crippen LogP contribution in [0.15, 0.2) is 53.5 Å². The van der Waals surface area contributed by atoms with Crippen molar-refractivity contribution in [3.05, 3.63) is 65.2 Å². The summed E-state index contributed by atoms with van der Waals surface area (Å²) in [5, 5.41) is 6.59. The summed E-state index contributed by atoms with van der Waals surface area (Å²) >= 11 is 0. The fourth-order valence-electron chi connectivity index (χ4n) is 2.63. The molecule has 0 spiro atoms. The third kappa shape index (κ3) is 7.38. The number of benzene rings is 2. The lowest BCUT2D eigenvalue weighted by molar-refractivity contribution is 0.0827. The van der Waals surface area contributed by atoms with Crippen molar-refractivity contribution in [2.45, 2.75) is 13.0 Å². The van der Waals surface area contributed by atoms with Crippen molar-refractivity contribution in [2.75, 3.05) is 34.8 Å². The number of guanidine groups is 1. The molecule has 0 aromatic heterocycles. The van der Waals surface area contributed by atoms with Crippen LogP contribution in [0, 0.1) is 0 Å². The number of methoxy groups -OCH3 is 1. The van der Waals surface area contributed by atoms with Crippen LogP contribution in [0.1, 0.15) is 21.5 Å². The molecule has 2 aromatic carbocycles. The van der Waals surface area contributed by atoms with Gasteiger partial charge in [0.05, 0.1) is 7.11 Å². The zero-order valence-electron chi connectivity index (χ0n) is 16.9. The Balaban J connectivity index is 0.00000392. The van der Waals surface area contributed by atoms with E-state index in [4.69, 9.17) is 4.74 Å². The average Bonchev–Trinajstić information content (AvgIpc) is 2.70. The molecule has 2 aromatic rings. The van der Waals surface area contributed by atoms with Crippen LogP contribution in [0.5, 0.6) is 5.75 Å². The van der Waals surface area contributed by atoms with Gasteiger partial charge in [-0.1, -0.05) is 24.3 Å². The van der Waals surface area contributed by atoms with E-state index >= 15 is 0 Å². The average molecular weight is 496 g/mol. The van der Waals surface area contributed by atoms with E-state index in [2.05, 4.69) is 15.6 Å². The van der Waals surface area contributed by atoms with Crippen LogP contribution in [-0.2, 0) is 13.0 Å². The molecule has 0 aliphatic carbocycles. The van der Waals surface area contributed by atoms with E-state index in [9.17, 15) is 4.79 Å². The standard InChI is InChI=1S/C21H28N4O2.HI/c1-22-21(24-15-17-8-6-10-19(14-17)27-4)23-12-11-16-7-5-9-18(13-16)20(26)25(2)3;/h5-10,13-14H,11-12,15H2,1-4H3,(H2,22,23,24);1H. The SMILES string of the molecule is CN=C(NCCc1cccc(C(=O)N(C)C)c1)NCc1cccc(OC)c1.I. The fourth-order valence-corrected chi connectivity index (χ4v) is 2.63. The quantitative estimate of drug-likeness (QED) is 0.352. The van der Waals surface area contributed by atoms with Crippen molar-refractivity contribution in [3.63, 3.8) is 0 Å². The predicted molar refractivity (Wildman–Crippen MR) is 125 cm³/mol. The molecule has 0 radical (unpaired) electrons. The Hall–Kier alpha value is -2.29. The van der Waals surface area contributed by atoms with Crippen LogP contribution >= 0.6 is 24.0 Å². The van der Waals surface area contributed by atoms with Crippen molar-refractivity contribution in [2.24, 2.45) is 4.99 Å². The summed E-state index contributed by atoms with van der Waals surface area (Å²) in [6.07, 6.45) is 0.800. The number of rotatable bonds is 7. The minimum atomic E-state index is 0. The molecule has 2 N–H and O–H groups in total. The highest BCUT2D eigenvalue weighted by Gasteiger charge is 2.08. The highest BCUT2D eigenvalue weighted by Crippen LogP contribution is 2.12. The number of carbonyl (C=O) groups is 1. The van der Waals surface area contributed by atoms with E-state index < -0.39 is 0 Å². The molecule has 0 saturated heterocycles. The zero-order chi connectivity index (χ0) is 19.6. The van der Waals surface area contributed by atoms with Gasteiger partial charge in [-0.15, -0.1) is 24.0 Å². The highest BCUT2D eigenvalue weighted by atomic mass is 127. The molecule has 0 unspecified atom stereocenters. The Morgan fingerprint density at radius 3 is 2.46 bits per heavy atom. The number of nitrogens with one attached hydrogen (secondary N) is 2. The summed E-state index contributed by atoms with van der Waals surface area (Å²) in [5.74, 6) is 1.59. The smallest absolute Gasteiger partial charge is 0.253 e. The van der Waals surface area contributed by atoms with Gasteiger partial charge in [-0.25, -0.2) is 0 Å². The Bertz CT molecular complexity index is 793. The number of hydrogen-bond donors (Lipinski definition) is 2. The van der Waals surface area contributed by atoms with Crippen molar-refractivity contribution in [1.29, 1.82) is 0 Å².